The molecule has 0 radical (unpaired) electrons. The van der Waals surface area contributed by atoms with Crippen LogP contribution in [0.3, 0.4) is 0 Å². The van der Waals surface area contributed by atoms with Crippen LogP contribution in [0.25, 0.3) is 0 Å². The Bertz CT molecular complexity index is 228. The van der Waals surface area contributed by atoms with E-state index in [0.29, 0.717) is 11.5 Å². The number of carboxylic acid groups (broad SMARTS) is 1. The van der Waals surface area contributed by atoms with Gasteiger partial charge in [0.05, 0.1) is 6.61 Å². The zero-order valence-electron chi connectivity index (χ0n) is 9.75. The molecule has 4 nitrogen and oxygen atoms in total. The number of rotatable bonds is 5. The van der Waals surface area contributed by atoms with Gasteiger partial charge in [-0.25, -0.2) is 0 Å². The zero-order valence-corrected chi connectivity index (χ0v) is 9.75. The van der Waals surface area contributed by atoms with Gasteiger partial charge in [0.1, 0.15) is 6.04 Å². The van der Waals surface area contributed by atoms with Gasteiger partial charge >= 0.3 is 5.97 Å². The molecule has 1 aliphatic carbocycles. The van der Waals surface area contributed by atoms with Crippen LogP contribution in [-0.4, -0.2) is 36.9 Å². The Kier molecular flexibility index (Phi) is 4.11. The third-order valence-corrected chi connectivity index (χ3v) is 3.04. The Balaban J connectivity index is 2.42. The summed E-state index contributed by atoms with van der Waals surface area (Å²) in [5.74, 6) is -0.832. The summed E-state index contributed by atoms with van der Waals surface area (Å²) in [7, 11) is 1.52. The highest BCUT2D eigenvalue weighted by Crippen LogP contribution is 2.37. The maximum atomic E-state index is 10.9. The zero-order chi connectivity index (χ0) is 11.5. The number of ether oxygens (including phenoxy) is 1. The second-order valence-electron chi connectivity index (χ2n) is 5.12. The standard InChI is InChI=1S/C11H21NO3/c1-11(2)5-4-8(6-11)12-9(7-15-3)10(13)14/h8-9,12H,4-7H2,1-3H3,(H,13,14). The highest BCUT2D eigenvalue weighted by Gasteiger charge is 2.33. The molecule has 0 aromatic heterocycles. The Morgan fingerprint density at radius 1 is 1.67 bits per heavy atom. The quantitative estimate of drug-likeness (QED) is 0.724. The number of carboxylic acids is 1. The molecule has 0 aliphatic heterocycles. The summed E-state index contributed by atoms with van der Waals surface area (Å²) in [5.41, 5.74) is 0.341. The molecule has 2 N–H and O–H groups in total. The van der Waals surface area contributed by atoms with Crippen LogP contribution in [0, 0.1) is 5.41 Å². The molecule has 0 bridgehead atoms. The number of aliphatic carboxylic acids is 1. The van der Waals surface area contributed by atoms with Crippen LogP contribution in [0.4, 0.5) is 0 Å². The first-order valence-electron chi connectivity index (χ1n) is 5.42. The van der Waals surface area contributed by atoms with Crippen LogP contribution < -0.4 is 5.32 Å². The maximum Gasteiger partial charge on any atom is 0.323 e. The van der Waals surface area contributed by atoms with Crippen LogP contribution in [-0.2, 0) is 9.53 Å². The third-order valence-electron chi connectivity index (χ3n) is 3.04. The predicted octanol–water partition coefficient (Wildman–Crippen LogP) is 1.25. The van der Waals surface area contributed by atoms with Crippen LogP contribution in [0.1, 0.15) is 33.1 Å². The van der Waals surface area contributed by atoms with E-state index in [2.05, 4.69) is 19.2 Å². The van der Waals surface area contributed by atoms with Crippen LogP contribution >= 0.6 is 0 Å². The van der Waals surface area contributed by atoms with E-state index >= 15 is 0 Å². The van der Waals surface area contributed by atoms with E-state index in [-0.39, 0.29) is 6.61 Å². The maximum absolute atomic E-state index is 10.9. The molecule has 1 fully saturated rings. The van der Waals surface area contributed by atoms with Gasteiger partial charge in [-0.2, -0.15) is 0 Å². The average Bonchev–Trinajstić information content (AvgIpc) is 2.44. The van der Waals surface area contributed by atoms with Crippen LogP contribution in [0.5, 0.6) is 0 Å². The van der Waals surface area contributed by atoms with Gasteiger partial charge in [0.2, 0.25) is 0 Å². The lowest BCUT2D eigenvalue weighted by Crippen LogP contribution is -2.45. The Hall–Kier alpha value is -0.610. The highest BCUT2D eigenvalue weighted by atomic mass is 16.5. The molecule has 0 aromatic carbocycles. The van der Waals surface area contributed by atoms with Gasteiger partial charge in [0.25, 0.3) is 0 Å². The number of nitrogens with one attached hydrogen (secondary N) is 1. The molecular formula is C11H21NO3. The molecular weight excluding hydrogens is 194 g/mol. The first-order valence-corrected chi connectivity index (χ1v) is 5.42. The van der Waals surface area contributed by atoms with E-state index < -0.39 is 12.0 Å². The lowest BCUT2D eigenvalue weighted by atomic mass is 9.92. The number of carbonyl (C=O) groups is 1. The van der Waals surface area contributed by atoms with Crippen molar-refractivity contribution in [2.75, 3.05) is 13.7 Å². The summed E-state index contributed by atoms with van der Waals surface area (Å²) in [4.78, 5) is 10.9. The number of hydrogen-bond acceptors (Lipinski definition) is 3. The van der Waals surface area contributed by atoms with Gasteiger partial charge in [-0.15, -0.1) is 0 Å². The van der Waals surface area contributed by atoms with E-state index in [4.69, 9.17) is 9.84 Å². The monoisotopic (exact) mass is 215 g/mol. The molecule has 0 heterocycles. The number of methoxy groups -OCH3 is 1. The average molecular weight is 215 g/mol. The summed E-state index contributed by atoms with van der Waals surface area (Å²) in [6.07, 6.45) is 3.25. The first-order chi connectivity index (χ1) is 6.94. The summed E-state index contributed by atoms with van der Waals surface area (Å²) in [5, 5.41) is 12.1. The van der Waals surface area contributed by atoms with Crippen LogP contribution in [0.15, 0.2) is 0 Å². The lowest BCUT2D eigenvalue weighted by Gasteiger charge is -2.21. The molecule has 1 saturated carbocycles. The molecule has 0 saturated heterocycles. The fourth-order valence-corrected chi connectivity index (χ4v) is 2.22. The Labute approximate surface area is 91.0 Å². The van der Waals surface area contributed by atoms with Gasteiger partial charge < -0.3 is 9.84 Å². The van der Waals surface area contributed by atoms with Crippen molar-refractivity contribution < 1.29 is 14.6 Å². The molecule has 0 spiro atoms. The van der Waals surface area contributed by atoms with Crippen molar-refractivity contribution in [3.63, 3.8) is 0 Å². The minimum absolute atomic E-state index is 0.228. The van der Waals surface area contributed by atoms with Gasteiger partial charge in [0, 0.05) is 13.2 Å². The van der Waals surface area contributed by atoms with Gasteiger partial charge in [0.15, 0.2) is 0 Å². The van der Waals surface area contributed by atoms with Crippen molar-refractivity contribution in [3.8, 4) is 0 Å². The summed E-state index contributed by atoms with van der Waals surface area (Å²) >= 11 is 0. The van der Waals surface area contributed by atoms with Crippen molar-refractivity contribution in [1.82, 2.24) is 5.32 Å². The molecule has 2 atom stereocenters. The fraction of sp³-hybridized carbons (Fsp3) is 0.909. The van der Waals surface area contributed by atoms with Crippen molar-refractivity contribution in [1.29, 1.82) is 0 Å². The SMILES string of the molecule is COCC(NC1CCC(C)(C)C1)C(=O)O. The molecule has 0 amide bonds. The molecule has 1 rings (SSSR count). The van der Waals surface area contributed by atoms with E-state index in [1.54, 1.807) is 0 Å². The normalized spacial score (nSPS) is 26.5. The van der Waals surface area contributed by atoms with E-state index in [9.17, 15) is 4.79 Å². The van der Waals surface area contributed by atoms with Crippen molar-refractivity contribution >= 4 is 5.97 Å². The topological polar surface area (TPSA) is 58.6 Å². The summed E-state index contributed by atoms with van der Waals surface area (Å²) in [6.45, 7) is 4.67. The molecule has 4 heteroatoms. The summed E-state index contributed by atoms with van der Waals surface area (Å²) < 4.78 is 4.88. The van der Waals surface area contributed by atoms with Gasteiger partial charge in [-0.05, 0) is 24.7 Å². The second-order valence-corrected chi connectivity index (χ2v) is 5.12. The number of hydrogen-bond donors (Lipinski definition) is 2. The molecule has 2 unspecified atom stereocenters. The van der Waals surface area contributed by atoms with Crippen LogP contribution in [0.2, 0.25) is 0 Å². The van der Waals surface area contributed by atoms with Gasteiger partial charge in [-0.3, -0.25) is 10.1 Å². The predicted molar refractivity (Wildman–Crippen MR) is 57.9 cm³/mol. The minimum atomic E-state index is -0.832. The third kappa shape index (κ3) is 3.80. The van der Waals surface area contributed by atoms with Crippen molar-refractivity contribution in [3.05, 3.63) is 0 Å². The summed E-state index contributed by atoms with van der Waals surface area (Å²) in [6, 6.07) is -0.259. The lowest BCUT2D eigenvalue weighted by molar-refractivity contribution is -0.141. The van der Waals surface area contributed by atoms with Crippen molar-refractivity contribution in [2.24, 2.45) is 5.41 Å². The molecule has 88 valence electrons. The first kappa shape index (κ1) is 12.5. The Morgan fingerprint density at radius 2 is 2.33 bits per heavy atom. The van der Waals surface area contributed by atoms with Crippen molar-refractivity contribution in [2.45, 2.75) is 45.2 Å². The molecule has 1 aliphatic rings. The molecule has 0 aromatic rings. The van der Waals surface area contributed by atoms with E-state index in [1.165, 1.54) is 7.11 Å². The van der Waals surface area contributed by atoms with E-state index in [1.807, 2.05) is 0 Å². The second kappa shape index (κ2) is 4.94. The van der Waals surface area contributed by atoms with Gasteiger partial charge in [-0.1, -0.05) is 13.8 Å². The largest absolute Gasteiger partial charge is 0.480 e. The van der Waals surface area contributed by atoms with E-state index in [0.717, 1.165) is 19.3 Å². The Morgan fingerprint density at radius 3 is 2.73 bits per heavy atom. The smallest absolute Gasteiger partial charge is 0.323 e. The minimum Gasteiger partial charge on any atom is -0.480 e. The fourth-order valence-electron chi connectivity index (χ4n) is 2.22. The molecule has 15 heavy (non-hydrogen) atoms. The highest BCUT2D eigenvalue weighted by molar-refractivity contribution is 5.73.